The molecule has 19 heavy (non-hydrogen) atoms. The minimum Gasteiger partial charge on any atom is -0.497 e. The fourth-order valence-corrected chi connectivity index (χ4v) is 1.96. The second kappa shape index (κ2) is 9.40. The van der Waals surface area contributed by atoms with E-state index in [2.05, 4.69) is 30.9 Å². The Kier molecular flexibility index (Phi) is 7.68. The Morgan fingerprint density at radius 2 is 1.95 bits per heavy atom. The van der Waals surface area contributed by atoms with Gasteiger partial charge in [-0.3, -0.25) is 0 Å². The summed E-state index contributed by atoms with van der Waals surface area (Å²) in [5.74, 6) is 0.665. The van der Waals surface area contributed by atoms with Crippen LogP contribution in [0.15, 0.2) is 42.7 Å². The Balaban J connectivity index is 2.53. The average molecular weight is 260 g/mol. The molecule has 1 rings (SSSR count). The van der Waals surface area contributed by atoms with Gasteiger partial charge in [0, 0.05) is 6.61 Å². The number of allylic oxidation sites excluding steroid dienone is 1. The summed E-state index contributed by atoms with van der Waals surface area (Å²) in [6, 6.07) is 8.40. The van der Waals surface area contributed by atoms with Gasteiger partial charge in [-0.1, -0.05) is 49.8 Å². The van der Waals surface area contributed by atoms with Gasteiger partial charge in [0.2, 0.25) is 0 Å². The lowest BCUT2D eigenvalue weighted by Crippen LogP contribution is -1.91. The van der Waals surface area contributed by atoms with E-state index in [4.69, 9.17) is 9.84 Å². The molecule has 2 heteroatoms. The van der Waals surface area contributed by atoms with Crippen LogP contribution in [0.4, 0.5) is 0 Å². The molecule has 0 aliphatic carbocycles. The number of aliphatic hydroxyl groups is 1. The maximum Gasteiger partial charge on any atom is 0.111 e. The summed E-state index contributed by atoms with van der Waals surface area (Å²) in [5.41, 5.74) is 2.58. The third-order valence-electron chi connectivity index (χ3n) is 3.12. The first-order valence-electron chi connectivity index (χ1n) is 6.87. The van der Waals surface area contributed by atoms with Gasteiger partial charge in [-0.25, -0.2) is 0 Å². The molecular formula is C17H24O2. The molecule has 0 saturated carbocycles. The summed E-state index contributed by atoms with van der Waals surface area (Å²) in [4.78, 5) is 0. The van der Waals surface area contributed by atoms with Crippen LogP contribution in [0.1, 0.15) is 36.8 Å². The molecule has 0 atom stereocenters. The van der Waals surface area contributed by atoms with E-state index in [9.17, 15) is 0 Å². The van der Waals surface area contributed by atoms with Crippen molar-refractivity contribution in [3.05, 3.63) is 53.8 Å². The minimum atomic E-state index is 0.304. The second-order valence-corrected chi connectivity index (χ2v) is 4.59. The topological polar surface area (TPSA) is 29.5 Å². The van der Waals surface area contributed by atoms with Crippen LogP contribution in [-0.2, 0) is 11.2 Å². The smallest absolute Gasteiger partial charge is 0.111 e. The molecule has 0 spiro atoms. The SMILES string of the molecule is C=C(/C=C/c1ccccc1CCCCCCO)OC. The largest absolute Gasteiger partial charge is 0.497 e. The van der Waals surface area contributed by atoms with Gasteiger partial charge in [0.05, 0.1) is 7.11 Å². The van der Waals surface area contributed by atoms with Crippen molar-refractivity contribution < 1.29 is 9.84 Å². The highest BCUT2D eigenvalue weighted by molar-refractivity contribution is 5.55. The van der Waals surface area contributed by atoms with Crippen LogP contribution in [0.3, 0.4) is 0 Å². The van der Waals surface area contributed by atoms with E-state index in [0.29, 0.717) is 12.4 Å². The lowest BCUT2D eigenvalue weighted by Gasteiger charge is -2.06. The van der Waals surface area contributed by atoms with Crippen LogP contribution >= 0.6 is 0 Å². The van der Waals surface area contributed by atoms with Crippen LogP contribution in [0.25, 0.3) is 6.08 Å². The number of methoxy groups -OCH3 is 1. The summed E-state index contributed by atoms with van der Waals surface area (Å²) >= 11 is 0. The summed E-state index contributed by atoms with van der Waals surface area (Å²) in [6.07, 6.45) is 9.37. The summed E-state index contributed by atoms with van der Waals surface area (Å²) < 4.78 is 5.03. The molecule has 0 amide bonds. The molecule has 0 radical (unpaired) electrons. The van der Waals surface area contributed by atoms with Crippen molar-refractivity contribution >= 4 is 6.08 Å². The van der Waals surface area contributed by atoms with Crippen LogP contribution in [0.5, 0.6) is 0 Å². The summed E-state index contributed by atoms with van der Waals surface area (Å²) in [6.45, 7) is 4.09. The molecule has 1 aromatic carbocycles. The number of rotatable bonds is 9. The highest BCUT2D eigenvalue weighted by Gasteiger charge is 1.99. The molecule has 2 nitrogen and oxygen atoms in total. The number of unbranched alkanes of at least 4 members (excludes halogenated alkanes) is 3. The van der Waals surface area contributed by atoms with Gasteiger partial charge >= 0.3 is 0 Å². The zero-order valence-electron chi connectivity index (χ0n) is 11.8. The van der Waals surface area contributed by atoms with Crippen LogP contribution in [0.2, 0.25) is 0 Å². The minimum absolute atomic E-state index is 0.304. The van der Waals surface area contributed by atoms with Gasteiger partial charge in [-0.05, 0) is 36.5 Å². The number of aliphatic hydroxyl groups excluding tert-OH is 1. The van der Waals surface area contributed by atoms with Crippen LogP contribution < -0.4 is 0 Å². The number of hydrogen-bond acceptors (Lipinski definition) is 2. The average Bonchev–Trinajstić information content (AvgIpc) is 2.45. The van der Waals surface area contributed by atoms with E-state index in [1.54, 1.807) is 7.11 Å². The first-order valence-corrected chi connectivity index (χ1v) is 6.87. The van der Waals surface area contributed by atoms with Crippen molar-refractivity contribution in [3.8, 4) is 0 Å². The van der Waals surface area contributed by atoms with Gasteiger partial charge < -0.3 is 9.84 Å². The predicted octanol–water partition coefficient (Wildman–Crippen LogP) is 3.96. The fraction of sp³-hybridized carbons (Fsp3) is 0.412. The van der Waals surface area contributed by atoms with Gasteiger partial charge in [0.15, 0.2) is 0 Å². The third kappa shape index (κ3) is 6.25. The fourth-order valence-electron chi connectivity index (χ4n) is 1.96. The van der Waals surface area contributed by atoms with Crippen molar-refractivity contribution in [2.75, 3.05) is 13.7 Å². The Morgan fingerprint density at radius 1 is 1.21 bits per heavy atom. The highest BCUT2D eigenvalue weighted by atomic mass is 16.5. The molecule has 104 valence electrons. The second-order valence-electron chi connectivity index (χ2n) is 4.59. The van der Waals surface area contributed by atoms with E-state index < -0.39 is 0 Å². The van der Waals surface area contributed by atoms with E-state index in [0.717, 1.165) is 25.7 Å². The van der Waals surface area contributed by atoms with Crippen molar-refractivity contribution in [2.45, 2.75) is 32.1 Å². The van der Waals surface area contributed by atoms with E-state index >= 15 is 0 Å². The standard InChI is InChI=1S/C17H24O2/c1-15(19-2)12-13-17-11-7-6-10-16(17)9-5-3-4-8-14-18/h6-7,10-13,18H,1,3-5,8-9,14H2,2H3/b13-12+. The molecule has 0 aromatic heterocycles. The number of ether oxygens (including phenoxy) is 1. The molecule has 1 aromatic rings. The van der Waals surface area contributed by atoms with Crippen LogP contribution in [-0.4, -0.2) is 18.8 Å². The molecule has 0 unspecified atom stereocenters. The normalized spacial score (nSPS) is 10.8. The molecule has 0 aliphatic rings. The Hall–Kier alpha value is -1.54. The number of hydrogen-bond donors (Lipinski definition) is 1. The molecule has 0 saturated heterocycles. The molecule has 0 bridgehead atoms. The zero-order valence-corrected chi connectivity index (χ0v) is 11.8. The van der Waals surface area contributed by atoms with Crippen molar-refractivity contribution in [1.29, 1.82) is 0 Å². The summed E-state index contributed by atoms with van der Waals surface area (Å²) in [7, 11) is 1.62. The lowest BCUT2D eigenvalue weighted by atomic mass is 10.0. The lowest BCUT2D eigenvalue weighted by molar-refractivity contribution is 0.282. The maximum absolute atomic E-state index is 8.74. The van der Waals surface area contributed by atoms with Gasteiger partial charge in [0.25, 0.3) is 0 Å². The van der Waals surface area contributed by atoms with Gasteiger partial charge in [-0.15, -0.1) is 0 Å². The number of benzene rings is 1. The Morgan fingerprint density at radius 3 is 2.68 bits per heavy atom. The monoisotopic (exact) mass is 260 g/mol. The number of aryl methyl sites for hydroxylation is 1. The van der Waals surface area contributed by atoms with Gasteiger partial charge in [-0.2, -0.15) is 0 Å². The molecular weight excluding hydrogens is 236 g/mol. The molecule has 0 fully saturated rings. The maximum atomic E-state index is 8.74. The van der Waals surface area contributed by atoms with E-state index in [1.807, 2.05) is 12.1 Å². The summed E-state index contributed by atoms with van der Waals surface area (Å²) in [5, 5.41) is 8.74. The highest BCUT2D eigenvalue weighted by Crippen LogP contribution is 2.15. The Labute approximate surface area is 116 Å². The molecule has 0 aliphatic heterocycles. The predicted molar refractivity (Wildman–Crippen MR) is 80.9 cm³/mol. The van der Waals surface area contributed by atoms with E-state index in [1.165, 1.54) is 17.5 Å². The third-order valence-corrected chi connectivity index (χ3v) is 3.12. The zero-order chi connectivity index (χ0) is 13.9. The first kappa shape index (κ1) is 15.5. The molecule has 0 heterocycles. The Bertz CT molecular complexity index is 407. The van der Waals surface area contributed by atoms with Crippen LogP contribution in [0, 0.1) is 0 Å². The van der Waals surface area contributed by atoms with Crippen molar-refractivity contribution in [3.63, 3.8) is 0 Å². The van der Waals surface area contributed by atoms with Crippen molar-refractivity contribution in [1.82, 2.24) is 0 Å². The molecule has 1 N–H and O–H groups in total. The van der Waals surface area contributed by atoms with Gasteiger partial charge in [0.1, 0.15) is 5.76 Å². The van der Waals surface area contributed by atoms with Crippen molar-refractivity contribution in [2.24, 2.45) is 0 Å². The van der Waals surface area contributed by atoms with E-state index in [-0.39, 0.29) is 0 Å². The first-order chi connectivity index (χ1) is 9.27. The quantitative estimate of drug-likeness (QED) is 0.414.